The highest BCUT2D eigenvalue weighted by atomic mass is 16.5. The molecular weight excluding hydrogens is 272 g/mol. The Hall–Kier alpha value is -1.14. The molecule has 0 aromatic rings. The minimum absolute atomic E-state index is 0.0160. The maximum atomic E-state index is 12.4. The van der Waals surface area contributed by atoms with Crippen molar-refractivity contribution in [3.63, 3.8) is 0 Å². The number of rotatable bonds is 8. The number of ether oxygens (including phenoxy) is 2. The first kappa shape index (κ1) is 17.9. The van der Waals surface area contributed by atoms with Gasteiger partial charge < -0.3 is 20.1 Å². The van der Waals surface area contributed by atoms with E-state index in [2.05, 4.69) is 17.6 Å². The summed E-state index contributed by atoms with van der Waals surface area (Å²) in [6.07, 6.45) is 1.57. The van der Waals surface area contributed by atoms with E-state index in [9.17, 15) is 9.59 Å². The van der Waals surface area contributed by atoms with Crippen LogP contribution in [0.3, 0.4) is 0 Å². The summed E-state index contributed by atoms with van der Waals surface area (Å²) in [5, 5.41) is 6.13. The van der Waals surface area contributed by atoms with E-state index in [0.29, 0.717) is 25.6 Å². The summed E-state index contributed by atoms with van der Waals surface area (Å²) in [4.78, 5) is 24.2. The van der Waals surface area contributed by atoms with E-state index < -0.39 is 12.0 Å². The van der Waals surface area contributed by atoms with Crippen LogP contribution in [0.1, 0.15) is 33.6 Å². The predicted molar refractivity (Wildman–Crippen MR) is 79.8 cm³/mol. The first-order valence-electron chi connectivity index (χ1n) is 7.68. The highest BCUT2D eigenvalue weighted by molar-refractivity contribution is 5.86. The molecule has 0 aliphatic carbocycles. The van der Waals surface area contributed by atoms with Crippen molar-refractivity contribution in [2.24, 2.45) is 11.8 Å². The van der Waals surface area contributed by atoms with Crippen LogP contribution in [-0.2, 0) is 19.1 Å². The van der Waals surface area contributed by atoms with Gasteiger partial charge in [-0.05, 0) is 25.3 Å². The van der Waals surface area contributed by atoms with Crippen molar-refractivity contribution in [3.05, 3.63) is 0 Å². The molecular formula is C15H28N2O4. The smallest absolute Gasteiger partial charge is 0.328 e. The van der Waals surface area contributed by atoms with Crippen molar-refractivity contribution in [2.45, 2.75) is 45.7 Å². The molecule has 0 spiro atoms. The largest absolute Gasteiger partial charge is 0.467 e. The van der Waals surface area contributed by atoms with Gasteiger partial charge in [-0.2, -0.15) is 0 Å². The summed E-state index contributed by atoms with van der Waals surface area (Å²) < 4.78 is 10.2. The SMILES string of the molecule is CCCNC1COCC1C(=O)NC(CC(C)C)C(=O)OC. The van der Waals surface area contributed by atoms with Gasteiger partial charge in [-0.25, -0.2) is 4.79 Å². The van der Waals surface area contributed by atoms with Crippen LogP contribution in [0.25, 0.3) is 0 Å². The van der Waals surface area contributed by atoms with Gasteiger partial charge in [0.05, 0.1) is 26.2 Å². The van der Waals surface area contributed by atoms with Crippen molar-refractivity contribution in [1.82, 2.24) is 10.6 Å². The van der Waals surface area contributed by atoms with Crippen LogP contribution in [0.2, 0.25) is 0 Å². The predicted octanol–water partition coefficient (Wildman–Crippen LogP) is 0.705. The molecule has 6 nitrogen and oxygen atoms in total. The van der Waals surface area contributed by atoms with Crippen LogP contribution in [0.4, 0.5) is 0 Å². The molecule has 21 heavy (non-hydrogen) atoms. The Kier molecular flexibility index (Phi) is 7.67. The highest BCUT2D eigenvalue weighted by Gasteiger charge is 2.35. The molecule has 3 atom stereocenters. The number of carbonyl (C=O) groups is 2. The van der Waals surface area contributed by atoms with E-state index in [-0.39, 0.29) is 17.9 Å². The van der Waals surface area contributed by atoms with Gasteiger partial charge in [0.2, 0.25) is 5.91 Å². The second kappa shape index (κ2) is 9.00. The molecule has 1 rings (SSSR count). The van der Waals surface area contributed by atoms with Crippen LogP contribution < -0.4 is 10.6 Å². The van der Waals surface area contributed by atoms with E-state index in [4.69, 9.17) is 9.47 Å². The number of esters is 1. The molecule has 0 bridgehead atoms. The van der Waals surface area contributed by atoms with E-state index in [0.717, 1.165) is 13.0 Å². The standard InChI is InChI=1S/C15H28N2O4/c1-5-6-16-13-9-21-8-11(13)14(18)17-12(7-10(2)3)15(19)20-4/h10-13,16H,5-9H2,1-4H3,(H,17,18). The normalized spacial score (nSPS) is 23.1. The Labute approximate surface area is 126 Å². The molecule has 1 amide bonds. The third-order valence-corrected chi connectivity index (χ3v) is 3.58. The van der Waals surface area contributed by atoms with Gasteiger partial charge >= 0.3 is 5.97 Å². The van der Waals surface area contributed by atoms with Crippen molar-refractivity contribution in [2.75, 3.05) is 26.9 Å². The lowest BCUT2D eigenvalue weighted by atomic mass is 9.99. The van der Waals surface area contributed by atoms with Gasteiger partial charge in [0.25, 0.3) is 0 Å². The van der Waals surface area contributed by atoms with E-state index in [1.165, 1.54) is 7.11 Å². The lowest BCUT2D eigenvalue weighted by molar-refractivity contribution is -0.146. The number of hydrogen-bond acceptors (Lipinski definition) is 5. The Balaban J connectivity index is 2.60. The van der Waals surface area contributed by atoms with Gasteiger partial charge in [-0.15, -0.1) is 0 Å². The summed E-state index contributed by atoms with van der Waals surface area (Å²) in [6, 6.07) is -0.572. The fraction of sp³-hybridized carbons (Fsp3) is 0.867. The molecule has 0 aromatic heterocycles. The van der Waals surface area contributed by atoms with E-state index in [1.54, 1.807) is 0 Å². The second-order valence-electron chi connectivity index (χ2n) is 5.92. The Morgan fingerprint density at radius 1 is 1.33 bits per heavy atom. The molecule has 1 heterocycles. The molecule has 1 fully saturated rings. The fourth-order valence-electron chi connectivity index (χ4n) is 2.45. The first-order valence-corrected chi connectivity index (χ1v) is 7.68. The fourth-order valence-corrected chi connectivity index (χ4v) is 2.45. The summed E-state index contributed by atoms with van der Waals surface area (Å²) in [5.41, 5.74) is 0. The topological polar surface area (TPSA) is 76.7 Å². The third-order valence-electron chi connectivity index (χ3n) is 3.58. The molecule has 122 valence electrons. The third kappa shape index (κ3) is 5.63. The van der Waals surface area contributed by atoms with E-state index in [1.807, 2.05) is 13.8 Å². The molecule has 6 heteroatoms. The zero-order valence-electron chi connectivity index (χ0n) is 13.5. The van der Waals surface area contributed by atoms with Gasteiger partial charge in [0, 0.05) is 6.04 Å². The quantitative estimate of drug-likeness (QED) is 0.646. The van der Waals surface area contributed by atoms with Crippen molar-refractivity contribution in [3.8, 4) is 0 Å². The summed E-state index contributed by atoms with van der Waals surface area (Å²) >= 11 is 0. The summed E-state index contributed by atoms with van der Waals surface area (Å²) in [6.45, 7) is 7.87. The first-order chi connectivity index (χ1) is 9.99. The van der Waals surface area contributed by atoms with Crippen molar-refractivity contribution < 1.29 is 19.1 Å². The van der Waals surface area contributed by atoms with Crippen molar-refractivity contribution in [1.29, 1.82) is 0 Å². The zero-order valence-corrected chi connectivity index (χ0v) is 13.5. The molecule has 0 aromatic carbocycles. The molecule has 2 N–H and O–H groups in total. The van der Waals surface area contributed by atoms with E-state index >= 15 is 0 Å². The zero-order chi connectivity index (χ0) is 15.8. The van der Waals surface area contributed by atoms with Gasteiger partial charge in [-0.3, -0.25) is 4.79 Å². The maximum Gasteiger partial charge on any atom is 0.328 e. The molecule has 1 saturated heterocycles. The number of carbonyl (C=O) groups excluding carboxylic acids is 2. The summed E-state index contributed by atoms with van der Waals surface area (Å²) in [7, 11) is 1.34. The highest BCUT2D eigenvalue weighted by Crippen LogP contribution is 2.15. The monoisotopic (exact) mass is 300 g/mol. The van der Waals surface area contributed by atoms with Gasteiger partial charge in [0.1, 0.15) is 6.04 Å². The lowest BCUT2D eigenvalue weighted by Crippen LogP contribution is -2.49. The van der Waals surface area contributed by atoms with Crippen LogP contribution in [-0.4, -0.2) is 50.8 Å². The number of amides is 1. The summed E-state index contributed by atoms with van der Waals surface area (Å²) in [5.74, 6) is -0.495. The van der Waals surface area contributed by atoms with Gasteiger partial charge in [0.15, 0.2) is 0 Å². The molecule has 1 aliphatic rings. The Bertz CT molecular complexity index is 347. The molecule has 3 unspecified atom stereocenters. The minimum atomic E-state index is -0.588. The average Bonchev–Trinajstić information content (AvgIpc) is 2.91. The van der Waals surface area contributed by atoms with Crippen LogP contribution >= 0.6 is 0 Å². The number of nitrogens with one attached hydrogen (secondary N) is 2. The Morgan fingerprint density at radius 3 is 2.62 bits per heavy atom. The number of methoxy groups -OCH3 is 1. The Morgan fingerprint density at radius 2 is 2.05 bits per heavy atom. The van der Waals surface area contributed by atoms with Crippen LogP contribution in [0, 0.1) is 11.8 Å². The maximum absolute atomic E-state index is 12.4. The molecule has 1 aliphatic heterocycles. The second-order valence-corrected chi connectivity index (χ2v) is 5.92. The van der Waals surface area contributed by atoms with Gasteiger partial charge in [-0.1, -0.05) is 20.8 Å². The average molecular weight is 300 g/mol. The number of hydrogen-bond donors (Lipinski definition) is 2. The van der Waals surface area contributed by atoms with Crippen molar-refractivity contribution >= 4 is 11.9 Å². The lowest BCUT2D eigenvalue weighted by Gasteiger charge is -2.23. The molecule has 0 radical (unpaired) electrons. The van der Waals surface area contributed by atoms with Crippen LogP contribution in [0.5, 0.6) is 0 Å². The minimum Gasteiger partial charge on any atom is -0.467 e. The van der Waals surface area contributed by atoms with Crippen LogP contribution in [0.15, 0.2) is 0 Å². The molecule has 0 saturated carbocycles.